The lowest BCUT2D eigenvalue weighted by molar-refractivity contribution is -0.116. The van der Waals surface area contributed by atoms with Gasteiger partial charge in [-0.15, -0.1) is 11.8 Å². The molecule has 2 aromatic carbocycles. The van der Waals surface area contributed by atoms with E-state index in [2.05, 4.69) is 31.4 Å². The molecule has 5 heteroatoms. The van der Waals surface area contributed by atoms with Gasteiger partial charge in [-0.05, 0) is 47.6 Å². The first-order valence-corrected chi connectivity index (χ1v) is 9.85. The molecule has 0 spiro atoms. The Labute approximate surface area is 159 Å². The van der Waals surface area contributed by atoms with E-state index in [1.165, 1.54) is 5.56 Å². The van der Waals surface area contributed by atoms with Gasteiger partial charge in [-0.3, -0.25) is 9.59 Å². The number of thioether (sulfide) groups is 1. The smallest absolute Gasteiger partial charge is 0.251 e. The highest BCUT2D eigenvalue weighted by molar-refractivity contribution is 7.98. The van der Waals surface area contributed by atoms with Gasteiger partial charge in [-0.2, -0.15) is 0 Å². The zero-order valence-electron chi connectivity index (χ0n) is 15.8. The monoisotopic (exact) mass is 370 g/mol. The van der Waals surface area contributed by atoms with Crippen molar-refractivity contribution < 1.29 is 9.59 Å². The van der Waals surface area contributed by atoms with Crippen molar-refractivity contribution in [1.29, 1.82) is 0 Å². The summed E-state index contributed by atoms with van der Waals surface area (Å²) in [6.45, 7) is 6.70. The summed E-state index contributed by atoms with van der Waals surface area (Å²) < 4.78 is 0. The zero-order valence-corrected chi connectivity index (χ0v) is 16.6. The molecule has 2 aromatic rings. The van der Waals surface area contributed by atoms with Crippen molar-refractivity contribution in [2.75, 3.05) is 18.1 Å². The van der Waals surface area contributed by atoms with Crippen LogP contribution in [0.2, 0.25) is 0 Å². The minimum absolute atomic E-state index is 0.0562. The molecule has 26 heavy (non-hydrogen) atoms. The molecule has 138 valence electrons. The van der Waals surface area contributed by atoms with Gasteiger partial charge in [-0.25, -0.2) is 0 Å². The second kappa shape index (κ2) is 8.90. The van der Waals surface area contributed by atoms with Gasteiger partial charge in [0.05, 0.1) is 0 Å². The first-order chi connectivity index (χ1) is 12.3. The van der Waals surface area contributed by atoms with Gasteiger partial charge in [0.25, 0.3) is 5.91 Å². The standard InChI is InChI=1S/C21H26N2O2S/c1-21(2,3)16-10-8-15(9-11-16)20(25)22-13-12-19(24)23-17-6-5-7-18(14-17)26-4/h5-11,14H,12-13H2,1-4H3,(H,22,25)(H,23,24). The molecule has 0 fully saturated rings. The topological polar surface area (TPSA) is 58.2 Å². The van der Waals surface area contributed by atoms with E-state index in [1.54, 1.807) is 11.8 Å². The Kier molecular flexibility index (Phi) is 6.86. The number of benzene rings is 2. The van der Waals surface area contributed by atoms with Crippen molar-refractivity contribution in [2.45, 2.75) is 37.5 Å². The highest BCUT2D eigenvalue weighted by atomic mass is 32.2. The highest BCUT2D eigenvalue weighted by Gasteiger charge is 2.14. The van der Waals surface area contributed by atoms with Crippen LogP contribution in [0.15, 0.2) is 53.4 Å². The highest BCUT2D eigenvalue weighted by Crippen LogP contribution is 2.22. The lowest BCUT2D eigenvalue weighted by atomic mass is 9.87. The zero-order chi connectivity index (χ0) is 19.2. The molecular weight excluding hydrogens is 344 g/mol. The van der Waals surface area contributed by atoms with E-state index in [4.69, 9.17) is 0 Å². The van der Waals surface area contributed by atoms with Crippen molar-refractivity contribution in [3.05, 3.63) is 59.7 Å². The number of carbonyl (C=O) groups is 2. The van der Waals surface area contributed by atoms with E-state index in [0.717, 1.165) is 10.6 Å². The molecule has 0 heterocycles. The van der Waals surface area contributed by atoms with Gasteiger partial charge < -0.3 is 10.6 Å². The molecule has 2 N–H and O–H groups in total. The van der Waals surface area contributed by atoms with E-state index >= 15 is 0 Å². The number of hydrogen-bond acceptors (Lipinski definition) is 3. The minimum Gasteiger partial charge on any atom is -0.352 e. The summed E-state index contributed by atoms with van der Waals surface area (Å²) >= 11 is 1.62. The van der Waals surface area contributed by atoms with Crippen LogP contribution in [-0.2, 0) is 10.2 Å². The van der Waals surface area contributed by atoms with Crippen molar-refractivity contribution in [3.63, 3.8) is 0 Å². The average molecular weight is 371 g/mol. The predicted molar refractivity (Wildman–Crippen MR) is 109 cm³/mol. The summed E-state index contributed by atoms with van der Waals surface area (Å²) in [4.78, 5) is 25.3. The quantitative estimate of drug-likeness (QED) is 0.738. The molecule has 2 amide bonds. The fourth-order valence-electron chi connectivity index (χ4n) is 2.44. The number of anilines is 1. The van der Waals surface area contributed by atoms with Gasteiger partial charge in [0.1, 0.15) is 0 Å². The van der Waals surface area contributed by atoms with E-state index in [1.807, 2.05) is 54.8 Å². The van der Waals surface area contributed by atoms with Gasteiger partial charge in [0, 0.05) is 29.1 Å². The van der Waals surface area contributed by atoms with Gasteiger partial charge in [-0.1, -0.05) is 39.0 Å². The minimum atomic E-state index is -0.164. The molecule has 2 rings (SSSR count). The van der Waals surface area contributed by atoms with E-state index in [-0.39, 0.29) is 23.7 Å². The molecule has 0 saturated heterocycles. The van der Waals surface area contributed by atoms with Crippen LogP contribution in [0.4, 0.5) is 5.69 Å². The van der Waals surface area contributed by atoms with Crippen LogP contribution in [0.25, 0.3) is 0 Å². The summed E-state index contributed by atoms with van der Waals surface area (Å²) in [7, 11) is 0. The Morgan fingerprint density at radius 1 is 1.04 bits per heavy atom. The first-order valence-electron chi connectivity index (χ1n) is 8.62. The van der Waals surface area contributed by atoms with Crippen LogP contribution in [0.1, 0.15) is 43.1 Å². The molecule has 4 nitrogen and oxygen atoms in total. The van der Waals surface area contributed by atoms with Crippen molar-refractivity contribution >= 4 is 29.3 Å². The molecule has 0 atom stereocenters. The SMILES string of the molecule is CSc1cccc(NC(=O)CCNC(=O)c2ccc(C(C)(C)C)cc2)c1. The van der Waals surface area contributed by atoms with Gasteiger partial charge in [0.2, 0.25) is 5.91 Å². The number of nitrogens with one attached hydrogen (secondary N) is 2. The Balaban J connectivity index is 1.81. The third kappa shape index (κ3) is 5.92. The maximum absolute atomic E-state index is 12.2. The van der Waals surface area contributed by atoms with Crippen molar-refractivity contribution in [1.82, 2.24) is 5.32 Å². The maximum atomic E-state index is 12.2. The normalized spacial score (nSPS) is 11.1. The Morgan fingerprint density at radius 3 is 2.35 bits per heavy atom. The molecule has 0 aliphatic rings. The lowest BCUT2D eigenvalue weighted by Crippen LogP contribution is -2.27. The van der Waals surface area contributed by atoms with E-state index in [9.17, 15) is 9.59 Å². The van der Waals surface area contributed by atoms with E-state index in [0.29, 0.717) is 12.1 Å². The fourth-order valence-corrected chi connectivity index (χ4v) is 2.90. The van der Waals surface area contributed by atoms with Crippen LogP contribution in [0, 0.1) is 0 Å². The Hall–Kier alpha value is -2.27. The van der Waals surface area contributed by atoms with Crippen LogP contribution in [-0.4, -0.2) is 24.6 Å². The first kappa shape index (κ1) is 20.0. The molecule has 0 aliphatic heterocycles. The second-order valence-electron chi connectivity index (χ2n) is 7.11. The van der Waals surface area contributed by atoms with Crippen molar-refractivity contribution in [3.8, 4) is 0 Å². The summed E-state index contributed by atoms with van der Waals surface area (Å²) in [5, 5.41) is 5.64. The van der Waals surface area contributed by atoms with Crippen LogP contribution in [0.5, 0.6) is 0 Å². The molecule has 0 radical (unpaired) electrons. The second-order valence-corrected chi connectivity index (χ2v) is 7.99. The Morgan fingerprint density at radius 2 is 1.73 bits per heavy atom. The third-order valence-corrected chi connectivity index (χ3v) is 4.73. The van der Waals surface area contributed by atoms with Crippen LogP contribution in [0.3, 0.4) is 0 Å². The largest absolute Gasteiger partial charge is 0.352 e. The molecule has 0 aromatic heterocycles. The fraction of sp³-hybridized carbons (Fsp3) is 0.333. The Bertz CT molecular complexity index is 764. The number of amides is 2. The molecular formula is C21H26N2O2S. The molecule has 0 aliphatic carbocycles. The summed E-state index contributed by atoms with van der Waals surface area (Å²) in [5.74, 6) is -0.283. The van der Waals surface area contributed by atoms with Crippen LogP contribution >= 0.6 is 11.8 Å². The number of rotatable bonds is 6. The molecule has 0 unspecified atom stereocenters. The number of carbonyl (C=O) groups excluding carboxylic acids is 2. The number of hydrogen-bond donors (Lipinski definition) is 2. The lowest BCUT2D eigenvalue weighted by Gasteiger charge is -2.19. The average Bonchev–Trinajstić information content (AvgIpc) is 2.61. The van der Waals surface area contributed by atoms with Gasteiger partial charge in [0.15, 0.2) is 0 Å². The maximum Gasteiger partial charge on any atom is 0.251 e. The summed E-state index contributed by atoms with van der Waals surface area (Å²) in [6, 6.07) is 15.3. The molecule has 0 bridgehead atoms. The van der Waals surface area contributed by atoms with Crippen LogP contribution < -0.4 is 10.6 Å². The third-order valence-electron chi connectivity index (χ3n) is 4.00. The van der Waals surface area contributed by atoms with Gasteiger partial charge >= 0.3 is 0 Å². The summed E-state index contributed by atoms with van der Waals surface area (Å²) in [6.07, 6.45) is 2.22. The molecule has 0 saturated carbocycles. The van der Waals surface area contributed by atoms with E-state index < -0.39 is 0 Å². The predicted octanol–water partition coefficient (Wildman–Crippen LogP) is 4.46. The summed E-state index contributed by atoms with van der Waals surface area (Å²) in [5.41, 5.74) is 2.61. The van der Waals surface area contributed by atoms with Crippen molar-refractivity contribution in [2.24, 2.45) is 0 Å².